The highest BCUT2D eigenvalue weighted by molar-refractivity contribution is 5.21. The molecule has 2 aliphatic rings. The zero-order valence-electron chi connectivity index (χ0n) is 16.9. The van der Waals surface area contributed by atoms with Crippen LogP contribution in [0.2, 0.25) is 0 Å². The molecule has 0 unspecified atom stereocenters. The van der Waals surface area contributed by atoms with Crippen LogP contribution in [0.15, 0.2) is 24.3 Å². The topological polar surface area (TPSA) is 37.2 Å². The van der Waals surface area contributed by atoms with Crippen molar-refractivity contribution in [2.75, 3.05) is 26.2 Å². The molecule has 2 fully saturated rings. The van der Waals surface area contributed by atoms with Gasteiger partial charge in [-0.05, 0) is 57.8 Å². The van der Waals surface area contributed by atoms with Crippen molar-refractivity contribution in [1.29, 1.82) is 0 Å². The molecule has 0 radical (unpaired) electrons. The van der Waals surface area contributed by atoms with Crippen molar-refractivity contribution in [3.63, 3.8) is 0 Å². The number of aromatic nitrogens is 3. The first-order chi connectivity index (χ1) is 13.2. The molecule has 0 bridgehead atoms. The van der Waals surface area contributed by atoms with Crippen molar-refractivity contribution in [3.8, 4) is 0 Å². The van der Waals surface area contributed by atoms with E-state index in [0.29, 0.717) is 5.92 Å². The van der Waals surface area contributed by atoms with E-state index in [1.165, 1.54) is 68.7 Å². The Hall–Kier alpha value is -1.72. The molecule has 0 spiro atoms. The maximum absolute atomic E-state index is 4.62. The van der Waals surface area contributed by atoms with Crippen LogP contribution in [-0.4, -0.2) is 50.7 Å². The number of hydrogen-bond donors (Lipinski definition) is 0. The summed E-state index contributed by atoms with van der Waals surface area (Å²) in [7, 11) is 2.16. The highest BCUT2D eigenvalue weighted by Gasteiger charge is 2.26. The maximum atomic E-state index is 4.62. The van der Waals surface area contributed by atoms with E-state index in [2.05, 4.69) is 62.8 Å². The smallest absolute Gasteiger partial charge is 0.146 e. The third kappa shape index (κ3) is 4.58. The Balaban J connectivity index is 1.39. The molecule has 4 rings (SSSR count). The third-order valence-corrected chi connectivity index (χ3v) is 6.21. The van der Waals surface area contributed by atoms with E-state index in [0.717, 1.165) is 25.5 Å². The van der Waals surface area contributed by atoms with Gasteiger partial charge in [0.2, 0.25) is 0 Å². The van der Waals surface area contributed by atoms with Gasteiger partial charge in [0, 0.05) is 26.1 Å². The van der Waals surface area contributed by atoms with Crippen LogP contribution < -0.4 is 0 Å². The fourth-order valence-electron chi connectivity index (χ4n) is 4.55. The molecule has 0 saturated carbocycles. The molecule has 1 aromatic heterocycles. The summed E-state index contributed by atoms with van der Waals surface area (Å²) in [6.07, 6.45) is 6.48. The highest BCUT2D eigenvalue weighted by atomic mass is 15.3. The van der Waals surface area contributed by atoms with Crippen LogP contribution in [-0.2, 0) is 20.1 Å². The Kier molecular flexibility index (Phi) is 5.89. The van der Waals surface area contributed by atoms with E-state index in [4.69, 9.17) is 0 Å². The molecule has 0 aliphatic carbocycles. The molecule has 1 atom stereocenters. The molecule has 146 valence electrons. The van der Waals surface area contributed by atoms with Crippen LogP contribution >= 0.6 is 0 Å². The summed E-state index contributed by atoms with van der Waals surface area (Å²) >= 11 is 0. The fraction of sp³-hybridized carbons (Fsp3) is 0.636. The van der Waals surface area contributed by atoms with Gasteiger partial charge in [0.25, 0.3) is 0 Å². The largest absolute Gasteiger partial charge is 0.317 e. The number of nitrogens with zero attached hydrogens (tertiary/aromatic N) is 5. The summed E-state index contributed by atoms with van der Waals surface area (Å²) in [5.74, 6) is 2.80. The Morgan fingerprint density at radius 2 is 1.63 bits per heavy atom. The summed E-state index contributed by atoms with van der Waals surface area (Å²) in [6, 6.07) is 8.95. The van der Waals surface area contributed by atoms with Crippen LogP contribution in [0, 0.1) is 6.92 Å². The minimum absolute atomic E-state index is 0.497. The number of rotatable bonds is 5. The van der Waals surface area contributed by atoms with Crippen LogP contribution in [0.25, 0.3) is 0 Å². The number of aryl methyl sites for hydroxylation is 1. The van der Waals surface area contributed by atoms with Crippen molar-refractivity contribution < 1.29 is 0 Å². The van der Waals surface area contributed by atoms with E-state index in [1.54, 1.807) is 0 Å². The predicted octanol–water partition coefficient (Wildman–Crippen LogP) is 3.49. The number of likely N-dealkylation sites (tertiary alicyclic amines) is 2. The fourth-order valence-corrected chi connectivity index (χ4v) is 4.55. The summed E-state index contributed by atoms with van der Waals surface area (Å²) < 4.78 is 2.27. The van der Waals surface area contributed by atoms with Gasteiger partial charge in [-0.1, -0.05) is 36.2 Å². The van der Waals surface area contributed by atoms with Gasteiger partial charge in [0.15, 0.2) is 0 Å². The van der Waals surface area contributed by atoms with Gasteiger partial charge in [-0.25, -0.2) is 0 Å². The minimum Gasteiger partial charge on any atom is -0.317 e. The normalized spacial score (nSPS) is 22.2. The Labute approximate surface area is 163 Å². The number of benzene rings is 1. The van der Waals surface area contributed by atoms with Crippen LogP contribution in [0.4, 0.5) is 0 Å². The first-order valence-electron chi connectivity index (χ1n) is 10.6. The van der Waals surface area contributed by atoms with Gasteiger partial charge in [-0.3, -0.25) is 9.80 Å². The molecular weight excluding hydrogens is 334 g/mol. The Morgan fingerprint density at radius 3 is 2.41 bits per heavy atom. The monoisotopic (exact) mass is 367 g/mol. The average molecular weight is 368 g/mol. The van der Waals surface area contributed by atoms with Gasteiger partial charge in [0.1, 0.15) is 11.6 Å². The SMILES string of the molecule is Cc1ccc(CN2CCC[C@@H](c3nnc(CN4CCCCC4)n3C)C2)cc1. The molecule has 2 saturated heterocycles. The molecule has 27 heavy (non-hydrogen) atoms. The van der Waals surface area contributed by atoms with Gasteiger partial charge >= 0.3 is 0 Å². The van der Waals surface area contributed by atoms with Crippen molar-refractivity contribution in [1.82, 2.24) is 24.6 Å². The molecule has 0 amide bonds. The second kappa shape index (κ2) is 8.53. The predicted molar refractivity (Wildman–Crippen MR) is 109 cm³/mol. The molecule has 2 aliphatic heterocycles. The number of piperidine rings is 2. The summed E-state index contributed by atoms with van der Waals surface area (Å²) in [5.41, 5.74) is 2.74. The molecule has 5 nitrogen and oxygen atoms in total. The lowest BCUT2D eigenvalue weighted by molar-refractivity contribution is 0.194. The molecule has 5 heteroatoms. The lowest BCUT2D eigenvalue weighted by Crippen LogP contribution is -2.35. The van der Waals surface area contributed by atoms with E-state index < -0.39 is 0 Å². The Bertz CT molecular complexity index is 730. The van der Waals surface area contributed by atoms with Crippen LogP contribution in [0.5, 0.6) is 0 Å². The standard InChI is InChI=1S/C22H33N5/c1-18-8-10-19(11-9-18)15-27-14-6-7-20(16-27)22-24-23-21(25(22)2)17-26-12-4-3-5-13-26/h8-11,20H,3-7,12-17H2,1-2H3/t20-/m1/s1. The van der Waals surface area contributed by atoms with Crippen LogP contribution in [0.1, 0.15) is 60.8 Å². The van der Waals surface area contributed by atoms with Crippen molar-refractivity contribution in [2.45, 2.75) is 58.0 Å². The van der Waals surface area contributed by atoms with E-state index in [1.807, 2.05) is 0 Å². The lowest BCUT2D eigenvalue weighted by Gasteiger charge is -2.32. The molecular formula is C22H33N5. The third-order valence-electron chi connectivity index (χ3n) is 6.21. The second-order valence-electron chi connectivity index (χ2n) is 8.43. The first kappa shape index (κ1) is 18.6. The van der Waals surface area contributed by atoms with Gasteiger partial charge in [-0.15, -0.1) is 10.2 Å². The molecule has 0 N–H and O–H groups in total. The molecule has 3 heterocycles. The molecule has 1 aromatic carbocycles. The molecule has 2 aromatic rings. The zero-order chi connectivity index (χ0) is 18.6. The van der Waals surface area contributed by atoms with Crippen LogP contribution in [0.3, 0.4) is 0 Å². The summed E-state index contributed by atoms with van der Waals surface area (Å²) in [5, 5.41) is 9.17. The van der Waals surface area contributed by atoms with E-state index in [9.17, 15) is 0 Å². The van der Waals surface area contributed by atoms with Gasteiger partial charge < -0.3 is 4.57 Å². The van der Waals surface area contributed by atoms with E-state index >= 15 is 0 Å². The highest BCUT2D eigenvalue weighted by Crippen LogP contribution is 2.27. The number of hydrogen-bond acceptors (Lipinski definition) is 4. The van der Waals surface area contributed by atoms with Crippen molar-refractivity contribution >= 4 is 0 Å². The van der Waals surface area contributed by atoms with Crippen molar-refractivity contribution in [3.05, 3.63) is 47.0 Å². The maximum Gasteiger partial charge on any atom is 0.146 e. The summed E-state index contributed by atoms with van der Waals surface area (Å²) in [4.78, 5) is 5.11. The van der Waals surface area contributed by atoms with Gasteiger partial charge in [-0.2, -0.15) is 0 Å². The lowest BCUT2D eigenvalue weighted by atomic mass is 9.96. The zero-order valence-corrected chi connectivity index (χ0v) is 16.9. The quantitative estimate of drug-likeness (QED) is 0.811. The Morgan fingerprint density at radius 1 is 0.889 bits per heavy atom. The minimum atomic E-state index is 0.497. The summed E-state index contributed by atoms with van der Waals surface area (Å²) in [6.45, 7) is 8.81. The average Bonchev–Trinajstić information content (AvgIpc) is 3.05. The van der Waals surface area contributed by atoms with Crippen molar-refractivity contribution in [2.24, 2.45) is 7.05 Å². The second-order valence-corrected chi connectivity index (χ2v) is 8.43. The first-order valence-corrected chi connectivity index (χ1v) is 10.6. The van der Waals surface area contributed by atoms with Gasteiger partial charge in [0.05, 0.1) is 6.54 Å². The van der Waals surface area contributed by atoms with E-state index in [-0.39, 0.29) is 0 Å².